The van der Waals surface area contributed by atoms with Crippen LogP contribution in [0.2, 0.25) is 5.02 Å². The fraction of sp³-hybridized carbons (Fsp3) is 0.111. The number of aromatic hydroxyl groups is 1. The number of nitrogens with zero attached hydrogens (tertiary/aromatic N) is 2. The maximum atomic E-state index is 13.8. The zero-order chi connectivity index (χ0) is 18.0. The number of likely N-dealkylation sites (N-methyl/N-ethyl adjacent to an activating group) is 1. The maximum absolute atomic E-state index is 13.8. The number of carbonyl (C=O) groups excluding carboxylic acids is 1. The topological polar surface area (TPSA) is 52.9 Å². The van der Waals surface area contributed by atoms with E-state index >= 15 is 0 Å². The van der Waals surface area contributed by atoms with Crippen LogP contribution in [0.25, 0.3) is 6.08 Å². The molecule has 1 N–H and O–H groups in total. The summed E-state index contributed by atoms with van der Waals surface area (Å²) in [5, 5.41) is 10.8. The van der Waals surface area contributed by atoms with E-state index in [2.05, 4.69) is 4.99 Å². The lowest BCUT2D eigenvalue weighted by Crippen LogP contribution is -2.28. The van der Waals surface area contributed by atoms with Gasteiger partial charge in [0.15, 0.2) is 5.17 Å². The number of halogens is 2. The number of amidine groups is 1. The minimum atomic E-state index is -0.455. The van der Waals surface area contributed by atoms with Crippen molar-refractivity contribution in [1.82, 2.24) is 4.90 Å². The molecule has 128 valence electrons. The molecule has 0 aliphatic carbocycles. The number of phenols is 1. The molecule has 7 heteroatoms. The standard InChI is InChI=1S/C18H14ClFN2O2S/c1-2-22-17(24)16(10-11-9-12(19)7-8-15(11)23)25-18(22)21-14-6-4-3-5-13(14)20/h3-10,23H,2H2,1H3/b16-10+,21-18?. The van der Waals surface area contributed by atoms with Gasteiger partial charge in [-0.05, 0) is 55.1 Å². The lowest BCUT2D eigenvalue weighted by molar-refractivity contribution is -0.122. The van der Waals surface area contributed by atoms with Gasteiger partial charge in [0, 0.05) is 17.1 Å². The van der Waals surface area contributed by atoms with Gasteiger partial charge in [-0.1, -0.05) is 23.7 Å². The molecule has 2 aromatic rings. The van der Waals surface area contributed by atoms with E-state index in [0.29, 0.717) is 27.2 Å². The van der Waals surface area contributed by atoms with Crippen molar-refractivity contribution < 1.29 is 14.3 Å². The van der Waals surface area contributed by atoms with Gasteiger partial charge in [0.2, 0.25) is 0 Å². The number of hydrogen-bond acceptors (Lipinski definition) is 4. The van der Waals surface area contributed by atoms with Crippen molar-refractivity contribution in [2.24, 2.45) is 4.99 Å². The van der Waals surface area contributed by atoms with Crippen molar-refractivity contribution in [3.63, 3.8) is 0 Å². The van der Waals surface area contributed by atoms with Gasteiger partial charge in [-0.2, -0.15) is 0 Å². The molecule has 1 heterocycles. The minimum absolute atomic E-state index is 0.0211. The Labute approximate surface area is 153 Å². The Morgan fingerprint density at radius 2 is 2.08 bits per heavy atom. The third kappa shape index (κ3) is 3.70. The molecule has 3 rings (SSSR count). The largest absolute Gasteiger partial charge is 0.507 e. The average Bonchev–Trinajstić information content (AvgIpc) is 2.88. The number of thioether (sulfide) groups is 1. The van der Waals surface area contributed by atoms with Gasteiger partial charge in [-0.3, -0.25) is 9.69 Å². The first-order valence-corrected chi connectivity index (χ1v) is 8.72. The zero-order valence-electron chi connectivity index (χ0n) is 13.2. The molecule has 0 bridgehead atoms. The molecule has 0 aromatic heterocycles. The van der Waals surface area contributed by atoms with Gasteiger partial charge in [0.05, 0.1) is 4.91 Å². The first kappa shape index (κ1) is 17.5. The number of benzene rings is 2. The van der Waals surface area contributed by atoms with Crippen LogP contribution in [-0.4, -0.2) is 27.6 Å². The van der Waals surface area contributed by atoms with E-state index in [1.165, 1.54) is 17.0 Å². The van der Waals surface area contributed by atoms with Crippen LogP contribution in [0.1, 0.15) is 12.5 Å². The Bertz CT molecular complexity index is 898. The molecule has 1 aliphatic heterocycles. The monoisotopic (exact) mass is 376 g/mol. The number of aliphatic imine (C=N–C) groups is 1. The summed E-state index contributed by atoms with van der Waals surface area (Å²) < 4.78 is 13.8. The predicted octanol–water partition coefficient (Wildman–Crippen LogP) is 4.81. The molecule has 1 saturated heterocycles. The van der Waals surface area contributed by atoms with Crippen molar-refractivity contribution >= 4 is 46.2 Å². The van der Waals surface area contributed by atoms with E-state index in [-0.39, 0.29) is 17.3 Å². The normalized spacial score (nSPS) is 17.7. The molecule has 1 amide bonds. The summed E-state index contributed by atoms with van der Waals surface area (Å²) >= 11 is 7.07. The number of phenolic OH excluding ortho intramolecular Hbond substituents is 1. The molecular weight excluding hydrogens is 363 g/mol. The summed E-state index contributed by atoms with van der Waals surface area (Å²) in [6.07, 6.45) is 1.56. The van der Waals surface area contributed by atoms with E-state index < -0.39 is 5.82 Å². The van der Waals surface area contributed by atoms with Crippen molar-refractivity contribution in [2.45, 2.75) is 6.92 Å². The first-order chi connectivity index (χ1) is 12.0. The third-order valence-electron chi connectivity index (χ3n) is 3.55. The van der Waals surface area contributed by atoms with Crippen molar-refractivity contribution in [2.75, 3.05) is 6.54 Å². The van der Waals surface area contributed by atoms with E-state index in [4.69, 9.17) is 11.6 Å². The Morgan fingerprint density at radius 3 is 2.80 bits per heavy atom. The SMILES string of the molecule is CCN1C(=O)/C(=C\c2cc(Cl)ccc2O)SC1=Nc1ccccc1F. The van der Waals surface area contributed by atoms with E-state index in [1.807, 2.05) is 6.92 Å². The summed E-state index contributed by atoms with van der Waals surface area (Å²) in [4.78, 5) is 18.7. The summed E-state index contributed by atoms with van der Waals surface area (Å²) in [7, 11) is 0. The van der Waals surface area contributed by atoms with Crippen LogP contribution in [0.5, 0.6) is 5.75 Å². The number of rotatable bonds is 3. The number of para-hydroxylation sites is 1. The molecule has 0 radical (unpaired) electrons. The fourth-order valence-corrected chi connectivity index (χ4v) is 3.52. The summed E-state index contributed by atoms with van der Waals surface area (Å²) in [5.41, 5.74) is 0.606. The smallest absolute Gasteiger partial charge is 0.266 e. The first-order valence-electron chi connectivity index (χ1n) is 7.52. The fourth-order valence-electron chi connectivity index (χ4n) is 2.30. The van der Waals surface area contributed by atoms with Crippen LogP contribution in [-0.2, 0) is 4.79 Å². The highest BCUT2D eigenvalue weighted by molar-refractivity contribution is 8.18. The summed E-state index contributed by atoms with van der Waals surface area (Å²) in [5.74, 6) is -0.682. The van der Waals surface area contributed by atoms with E-state index in [1.54, 1.807) is 36.4 Å². The molecule has 0 unspecified atom stereocenters. The van der Waals surface area contributed by atoms with Gasteiger partial charge < -0.3 is 5.11 Å². The minimum Gasteiger partial charge on any atom is -0.507 e. The molecular formula is C18H14ClFN2O2S. The van der Waals surface area contributed by atoms with Crippen LogP contribution in [0.3, 0.4) is 0 Å². The highest BCUT2D eigenvalue weighted by Gasteiger charge is 2.32. The molecule has 25 heavy (non-hydrogen) atoms. The van der Waals surface area contributed by atoms with Gasteiger partial charge >= 0.3 is 0 Å². The molecule has 2 aromatic carbocycles. The Hall–Kier alpha value is -2.31. The van der Waals surface area contributed by atoms with E-state index in [9.17, 15) is 14.3 Å². The maximum Gasteiger partial charge on any atom is 0.266 e. The van der Waals surface area contributed by atoms with Crippen molar-refractivity contribution in [1.29, 1.82) is 0 Å². The van der Waals surface area contributed by atoms with Crippen molar-refractivity contribution in [3.8, 4) is 5.75 Å². The zero-order valence-corrected chi connectivity index (χ0v) is 14.8. The Balaban J connectivity index is 1.99. The summed E-state index contributed by atoms with van der Waals surface area (Å²) in [6.45, 7) is 2.22. The highest BCUT2D eigenvalue weighted by Crippen LogP contribution is 2.36. The number of hydrogen-bond donors (Lipinski definition) is 1. The molecule has 0 spiro atoms. The molecule has 1 fully saturated rings. The van der Waals surface area contributed by atoms with Crippen LogP contribution in [0, 0.1) is 5.82 Å². The van der Waals surface area contributed by atoms with Crippen LogP contribution in [0.4, 0.5) is 10.1 Å². The second-order valence-corrected chi connectivity index (χ2v) is 6.65. The van der Waals surface area contributed by atoms with Crippen LogP contribution >= 0.6 is 23.4 Å². The second-order valence-electron chi connectivity index (χ2n) is 5.21. The average molecular weight is 377 g/mol. The summed E-state index contributed by atoms with van der Waals surface area (Å²) in [6, 6.07) is 10.7. The second kappa shape index (κ2) is 7.29. The quantitative estimate of drug-likeness (QED) is 0.782. The van der Waals surface area contributed by atoms with Crippen LogP contribution < -0.4 is 0 Å². The lowest BCUT2D eigenvalue weighted by atomic mass is 10.2. The molecule has 4 nitrogen and oxygen atoms in total. The highest BCUT2D eigenvalue weighted by atomic mass is 35.5. The third-order valence-corrected chi connectivity index (χ3v) is 4.79. The number of amides is 1. The van der Waals surface area contributed by atoms with Gasteiger partial charge in [0.25, 0.3) is 5.91 Å². The molecule has 1 aliphatic rings. The van der Waals surface area contributed by atoms with Gasteiger partial charge in [-0.15, -0.1) is 0 Å². The molecule has 0 atom stereocenters. The van der Waals surface area contributed by atoms with E-state index in [0.717, 1.165) is 11.8 Å². The van der Waals surface area contributed by atoms with Gasteiger partial charge in [-0.25, -0.2) is 9.38 Å². The Morgan fingerprint density at radius 1 is 1.32 bits per heavy atom. The van der Waals surface area contributed by atoms with Crippen LogP contribution in [0.15, 0.2) is 52.4 Å². The van der Waals surface area contributed by atoms with Gasteiger partial charge in [0.1, 0.15) is 17.3 Å². The molecule has 0 saturated carbocycles. The Kier molecular flexibility index (Phi) is 5.11. The van der Waals surface area contributed by atoms with Crippen molar-refractivity contribution in [3.05, 3.63) is 63.8 Å². The predicted molar refractivity (Wildman–Crippen MR) is 99.6 cm³/mol. The lowest BCUT2D eigenvalue weighted by Gasteiger charge is -2.12. The number of carbonyl (C=O) groups is 1.